The number of fused-ring (bicyclic) bond motifs is 1. The van der Waals surface area contributed by atoms with Crippen LogP contribution in [0.4, 0.5) is 5.69 Å². The summed E-state index contributed by atoms with van der Waals surface area (Å²) in [6, 6.07) is 7.38. The molecule has 0 atom stereocenters. The maximum absolute atomic E-state index is 12.2. The smallest absolute Gasteiger partial charge is 0.226 e. The van der Waals surface area contributed by atoms with E-state index in [1.165, 1.54) is 7.11 Å². The highest BCUT2D eigenvalue weighted by Gasteiger charge is 2.27. The van der Waals surface area contributed by atoms with Crippen molar-refractivity contribution in [3.8, 4) is 0 Å². The molecule has 2 N–H and O–H groups in total. The van der Waals surface area contributed by atoms with Crippen LogP contribution in [0.2, 0.25) is 5.15 Å². The molecule has 1 heterocycles. The average molecular weight is 414 g/mol. The Balaban J connectivity index is 2.52. The highest BCUT2D eigenvalue weighted by atomic mass is 35.5. The zero-order valence-electron chi connectivity index (χ0n) is 15.8. The lowest BCUT2D eigenvalue weighted by molar-refractivity contribution is -0.117. The Morgan fingerprint density at radius 2 is 1.96 bits per heavy atom. The number of sulfonamides is 1. The number of ether oxygens (including phenoxy) is 1. The van der Waals surface area contributed by atoms with E-state index in [-0.39, 0.29) is 24.1 Å². The van der Waals surface area contributed by atoms with Crippen LogP contribution < -0.4 is 10.0 Å². The minimum absolute atomic E-state index is 0.157. The molecule has 1 amide bonds. The van der Waals surface area contributed by atoms with Crippen LogP contribution in [0.5, 0.6) is 0 Å². The van der Waals surface area contributed by atoms with E-state index in [2.05, 4.69) is 15.0 Å². The molecule has 0 bridgehead atoms. The Morgan fingerprint density at radius 3 is 2.59 bits per heavy atom. The Morgan fingerprint density at radius 1 is 1.30 bits per heavy atom. The lowest BCUT2D eigenvalue weighted by atomic mass is 9.92. The second kappa shape index (κ2) is 8.52. The lowest BCUT2D eigenvalue weighted by Crippen LogP contribution is -2.44. The molecule has 2 aromatic rings. The van der Waals surface area contributed by atoms with Crippen molar-refractivity contribution in [2.75, 3.05) is 25.3 Å². The van der Waals surface area contributed by atoms with E-state index >= 15 is 0 Å². The average Bonchev–Trinajstić information content (AvgIpc) is 2.53. The molecule has 1 aromatic carbocycles. The number of carbonyl (C=O) groups is 1. The number of benzene rings is 1. The number of para-hydroxylation sites is 1. The second-order valence-electron chi connectivity index (χ2n) is 7.00. The summed E-state index contributed by atoms with van der Waals surface area (Å²) in [5.74, 6) is -0.258. The third-order valence-electron chi connectivity index (χ3n) is 3.83. The molecule has 0 saturated heterocycles. The van der Waals surface area contributed by atoms with Crippen LogP contribution in [-0.4, -0.2) is 44.8 Å². The summed E-state index contributed by atoms with van der Waals surface area (Å²) in [6.07, 6.45) is 1.59. The molecule has 0 saturated carbocycles. The van der Waals surface area contributed by atoms with Crippen molar-refractivity contribution < 1.29 is 17.9 Å². The van der Waals surface area contributed by atoms with Gasteiger partial charge in [-0.1, -0.05) is 29.8 Å². The number of carbonyl (C=O) groups excluding carboxylic acids is 1. The molecular weight excluding hydrogens is 390 g/mol. The first kappa shape index (κ1) is 21.6. The number of methoxy groups -OCH3 is 1. The van der Waals surface area contributed by atoms with Gasteiger partial charge in [-0.2, -0.15) is 0 Å². The van der Waals surface area contributed by atoms with Gasteiger partial charge in [0, 0.05) is 18.0 Å². The fourth-order valence-corrected chi connectivity index (χ4v) is 4.26. The number of nitrogens with zero attached hydrogens (tertiary/aromatic N) is 1. The number of hydrogen-bond acceptors (Lipinski definition) is 5. The van der Waals surface area contributed by atoms with E-state index in [4.69, 9.17) is 16.3 Å². The fraction of sp³-hybridized carbons (Fsp3) is 0.444. The van der Waals surface area contributed by atoms with Gasteiger partial charge in [0.2, 0.25) is 15.9 Å². The van der Waals surface area contributed by atoms with E-state index in [1.807, 2.05) is 24.3 Å². The van der Waals surface area contributed by atoms with E-state index in [0.29, 0.717) is 17.6 Å². The van der Waals surface area contributed by atoms with Gasteiger partial charge in [0.15, 0.2) is 5.15 Å². The third kappa shape index (κ3) is 6.14. The summed E-state index contributed by atoms with van der Waals surface area (Å²) in [4.78, 5) is 16.6. The van der Waals surface area contributed by atoms with Gasteiger partial charge in [-0.05, 0) is 31.9 Å². The number of amides is 1. The molecule has 0 spiro atoms. The predicted molar refractivity (Wildman–Crippen MR) is 108 cm³/mol. The van der Waals surface area contributed by atoms with Gasteiger partial charge in [0.1, 0.15) is 0 Å². The van der Waals surface area contributed by atoms with Crippen molar-refractivity contribution in [1.29, 1.82) is 0 Å². The van der Waals surface area contributed by atoms with Crippen molar-refractivity contribution in [1.82, 2.24) is 9.71 Å². The molecule has 0 aliphatic carbocycles. The van der Waals surface area contributed by atoms with Gasteiger partial charge in [0.25, 0.3) is 0 Å². The predicted octanol–water partition coefficient (Wildman–Crippen LogP) is 2.73. The topological polar surface area (TPSA) is 97.4 Å². The molecule has 2 rings (SSSR count). The first-order valence-electron chi connectivity index (χ1n) is 8.37. The van der Waals surface area contributed by atoms with Crippen LogP contribution in [-0.2, 0) is 26.0 Å². The molecule has 148 valence electrons. The van der Waals surface area contributed by atoms with E-state index in [0.717, 1.165) is 17.2 Å². The van der Waals surface area contributed by atoms with Gasteiger partial charge >= 0.3 is 0 Å². The van der Waals surface area contributed by atoms with Crippen molar-refractivity contribution in [2.24, 2.45) is 0 Å². The first-order valence-corrected chi connectivity index (χ1v) is 10.6. The molecule has 7 nitrogen and oxygen atoms in total. The summed E-state index contributed by atoms with van der Waals surface area (Å²) < 4.78 is 31.0. The maximum atomic E-state index is 12.2. The molecule has 0 unspecified atom stereocenters. The largest absolute Gasteiger partial charge is 0.384 e. The summed E-state index contributed by atoms with van der Waals surface area (Å²) >= 11 is 6.35. The normalized spacial score (nSPS) is 12.3. The number of hydrogen-bond donors (Lipinski definition) is 2. The molecule has 0 aliphatic heterocycles. The molecule has 0 fully saturated rings. The highest BCUT2D eigenvalue weighted by molar-refractivity contribution is 7.88. The highest BCUT2D eigenvalue weighted by Crippen LogP contribution is 2.34. The standard InChI is InChI=1S/C18H24ClN3O4S/c1-18(2,22-27(4,24)25)11-13-12-7-5-6-8-14(12)20-17(19)16(13)21-15(23)9-10-26-3/h5-8,22H,9-11H2,1-4H3,(H,21,23). The van der Waals surface area contributed by atoms with Gasteiger partial charge in [-0.15, -0.1) is 0 Å². The minimum Gasteiger partial charge on any atom is -0.384 e. The molecule has 0 aliphatic rings. The van der Waals surface area contributed by atoms with Crippen LogP contribution in [0.1, 0.15) is 25.8 Å². The van der Waals surface area contributed by atoms with Gasteiger partial charge in [-0.25, -0.2) is 18.1 Å². The van der Waals surface area contributed by atoms with Crippen molar-refractivity contribution in [3.05, 3.63) is 35.0 Å². The minimum atomic E-state index is -3.42. The molecular formula is C18H24ClN3O4S. The number of halogens is 1. The summed E-state index contributed by atoms with van der Waals surface area (Å²) in [7, 11) is -1.90. The zero-order chi connectivity index (χ0) is 20.2. The monoisotopic (exact) mass is 413 g/mol. The number of pyridine rings is 1. The van der Waals surface area contributed by atoms with Crippen molar-refractivity contribution >= 4 is 44.1 Å². The van der Waals surface area contributed by atoms with Crippen LogP contribution >= 0.6 is 11.6 Å². The van der Waals surface area contributed by atoms with Crippen molar-refractivity contribution in [3.63, 3.8) is 0 Å². The second-order valence-corrected chi connectivity index (χ2v) is 9.11. The van der Waals surface area contributed by atoms with Crippen LogP contribution in [0, 0.1) is 0 Å². The Labute approximate surface area is 164 Å². The molecule has 1 aromatic heterocycles. The SMILES string of the molecule is COCCC(=O)Nc1c(Cl)nc2ccccc2c1CC(C)(C)NS(C)(=O)=O. The number of nitrogens with one attached hydrogen (secondary N) is 2. The third-order valence-corrected chi connectivity index (χ3v) is 5.03. The first-order chi connectivity index (χ1) is 12.5. The van der Waals surface area contributed by atoms with Crippen LogP contribution in [0.25, 0.3) is 10.9 Å². The van der Waals surface area contributed by atoms with Gasteiger partial charge in [-0.3, -0.25) is 4.79 Å². The summed E-state index contributed by atoms with van der Waals surface area (Å²) in [5, 5.41) is 3.76. The number of rotatable bonds is 8. The number of anilines is 1. The van der Waals surface area contributed by atoms with Crippen LogP contribution in [0.3, 0.4) is 0 Å². The van der Waals surface area contributed by atoms with E-state index < -0.39 is 15.6 Å². The van der Waals surface area contributed by atoms with E-state index in [9.17, 15) is 13.2 Å². The summed E-state index contributed by atoms with van der Waals surface area (Å²) in [5.41, 5.74) is 0.979. The Bertz CT molecular complexity index is 945. The van der Waals surface area contributed by atoms with Crippen molar-refractivity contribution in [2.45, 2.75) is 32.2 Å². The van der Waals surface area contributed by atoms with E-state index in [1.54, 1.807) is 13.8 Å². The fourth-order valence-electron chi connectivity index (χ4n) is 2.93. The number of aromatic nitrogens is 1. The zero-order valence-corrected chi connectivity index (χ0v) is 17.4. The molecule has 27 heavy (non-hydrogen) atoms. The maximum Gasteiger partial charge on any atom is 0.226 e. The van der Waals surface area contributed by atoms with Gasteiger partial charge < -0.3 is 10.1 Å². The Kier molecular flexibility index (Phi) is 6.80. The van der Waals surface area contributed by atoms with Gasteiger partial charge in [0.05, 0.1) is 30.5 Å². The lowest BCUT2D eigenvalue weighted by Gasteiger charge is -2.27. The Hall–Kier alpha value is -1.74. The molecule has 9 heteroatoms. The quantitative estimate of drug-likeness (QED) is 0.648. The molecule has 0 radical (unpaired) electrons. The van der Waals surface area contributed by atoms with Crippen LogP contribution in [0.15, 0.2) is 24.3 Å². The summed E-state index contributed by atoms with van der Waals surface area (Å²) in [6.45, 7) is 3.82.